The quantitative estimate of drug-likeness (QED) is 0.214. The second kappa shape index (κ2) is 14.8. The summed E-state index contributed by atoms with van der Waals surface area (Å²) < 4.78 is 6.02. The van der Waals surface area contributed by atoms with E-state index in [1.54, 1.807) is 0 Å². The first kappa shape index (κ1) is 27.1. The van der Waals surface area contributed by atoms with Gasteiger partial charge in [0.25, 0.3) is 0 Å². The number of carbonyl (C=O) groups excluding carboxylic acids is 1. The molecule has 0 spiro atoms. The van der Waals surface area contributed by atoms with Gasteiger partial charge in [-0.25, -0.2) is 0 Å². The zero-order valence-corrected chi connectivity index (χ0v) is 22.5. The number of ether oxygens (including phenoxy) is 1. The van der Waals surface area contributed by atoms with Gasteiger partial charge >= 0.3 is 5.97 Å². The van der Waals surface area contributed by atoms with E-state index in [4.69, 9.17) is 4.74 Å². The first-order valence-electron chi connectivity index (χ1n) is 15.3. The molecule has 0 heterocycles. The second-order valence-corrected chi connectivity index (χ2v) is 12.4. The highest BCUT2D eigenvalue weighted by atomic mass is 16.5. The van der Waals surface area contributed by atoms with Crippen molar-refractivity contribution < 1.29 is 9.53 Å². The van der Waals surface area contributed by atoms with Crippen LogP contribution < -0.4 is 0 Å². The minimum atomic E-state index is 0.144. The second-order valence-electron chi connectivity index (χ2n) is 12.4. The molecular weight excluding hydrogens is 404 g/mol. The number of unbranched alkanes of at least 4 members (excludes halogenated alkanes) is 5. The van der Waals surface area contributed by atoms with Crippen molar-refractivity contribution in [2.45, 2.75) is 155 Å². The lowest BCUT2D eigenvalue weighted by Crippen LogP contribution is -2.34. The Bertz CT molecular complexity index is 527. The van der Waals surface area contributed by atoms with E-state index in [1.165, 1.54) is 103 Å². The molecule has 192 valence electrons. The summed E-state index contributed by atoms with van der Waals surface area (Å²) in [6.45, 7) is 7.12. The van der Waals surface area contributed by atoms with Gasteiger partial charge in [0.05, 0.1) is 5.92 Å². The van der Waals surface area contributed by atoms with Gasteiger partial charge in [0.15, 0.2) is 0 Å². The van der Waals surface area contributed by atoms with Crippen LogP contribution in [0.2, 0.25) is 0 Å². The highest BCUT2D eigenvalue weighted by Gasteiger charge is 2.37. The fourth-order valence-electron chi connectivity index (χ4n) is 7.60. The third-order valence-electron chi connectivity index (χ3n) is 9.81. The van der Waals surface area contributed by atoms with Crippen molar-refractivity contribution >= 4 is 5.97 Å². The Labute approximate surface area is 206 Å². The zero-order valence-electron chi connectivity index (χ0n) is 22.5. The summed E-state index contributed by atoms with van der Waals surface area (Å²) in [5.41, 5.74) is 0. The smallest absolute Gasteiger partial charge is 0.309 e. The molecule has 3 unspecified atom stereocenters. The van der Waals surface area contributed by atoms with Crippen LogP contribution >= 0.6 is 0 Å². The molecule has 0 N–H and O–H groups in total. The van der Waals surface area contributed by atoms with Gasteiger partial charge in [0.1, 0.15) is 6.10 Å². The highest BCUT2D eigenvalue weighted by Crippen LogP contribution is 2.45. The predicted octanol–water partition coefficient (Wildman–Crippen LogP) is 9.50. The molecule has 0 aromatic carbocycles. The van der Waals surface area contributed by atoms with Crippen LogP contribution in [0.1, 0.15) is 149 Å². The summed E-state index contributed by atoms with van der Waals surface area (Å²) in [4.78, 5) is 12.9. The molecule has 3 aliphatic carbocycles. The fraction of sp³-hybridized carbons (Fsp3) is 0.968. The maximum absolute atomic E-state index is 12.9. The van der Waals surface area contributed by atoms with Crippen LogP contribution in [0.4, 0.5) is 0 Å². The van der Waals surface area contributed by atoms with E-state index in [0.717, 1.165) is 55.3 Å². The lowest BCUT2D eigenvalue weighted by Gasteiger charge is -2.41. The fourth-order valence-corrected chi connectivity index (χ4v) is 7.60. The third kappa shape index (κ3) is 8.88. The van der Waals surface area contributed by atoms with Gasteiger partial charge in [0.2, 0.25) is 0 Å². The van der Waals surface area contributed by atoms with E-state index >= 15 is 0 Å². The summed E-state index contributed by atoms with van der Waals surface area (Å²) in [5.74, 6) is 4.87. The van der Waals surface area contributed by atoms with E-state index in [-0.39, 0.29) is 18.0 Å². The normalized spacial score (nSPS) is 35.3. The van der Waals surface area contributed by atoms with Gasteiger partial charge < -0.3 is 4.74 Å². The average molecular weight is 461 g/mol. The Morgan fingerprint density at radius 2 is 1.33 bits per heavy atom. The lowest BCUT2D eigenvalue weighted by atomic mass is 9.64. The summed E-state index contributed by atoms with van der Waals surface area (Å²) >= 11 is 0. The Hall–Kier alpha value is -0.530. The molecule has 0 aliphatic heterocycles. The first-order valence-corrected chi connectivity index (χ1v) is 15.3. The Kier molecular flexibility index (Phi) is 12.1. The molecule has 0 radical (unpaired) electrons. The molecule has 0 aromatic heterocycles. The number of carbonyl (C=O) groups is 1. The molecular formula is C31H56O2. The van der Waals surface area contributed by atoms with Gasteiger partial charge in [-0.2, -0.15) is 0 Å². The number of hydrogen-bond donors (Lipinski definition) is 0. The summed E-state index contributed by atoms with van der Waals surface area (Å²) in [7, 11) is 0. The molecule has 3 atom stereocenters. The van der Waals surface area contributed by atoms with Crippen molar-refractivity contribution in [2.75, 3.05) is 0 Å². The molecule has 0 bridgehead atoms. The molecule has 0 aromatic rings. The van der Waals surface area contributed by atoms with Crippen molar-refractivity contribution in [3.05, 3.63) is 0 Å². The molecule has 3 fully saturated rings. The van der Waals surface area contributed by atoms with Crippen LogP contribution in [-0.4, -0.2) is 12.1 Å². The SMILES string of the molecule is CCCCCCCC1CCC(C2CCC(C(=O)OC3CCC(CCCC)CC3)CC2)C(C)C1. The number of rotatable bonds is 12. The minimum absolute atomic E-state index is 0.144. The summed E-state index contributed by atoms with van der Waals surface area (Å²) in [6.07, 6.45) is 26.6. The third-order valence-corrected chi connectivity index (χ3v) is 9.81. The molecule has 33 heavy (non-hydrogen) atoms. The Morgan fingerprint density at radius 1 is 0.697 bits per heavy atom. The van der Waals surface area contributed by atoms with Gasteiger partial charge in [-0.1, -0.05) is 85.0 Å². The van der Waals surface area contributed by atoms with Gasteiger partial charge in [-0.3, -0.25) is 4.79 Å². The molecule has 2 heteroatoms. The molecule has 3 aliphatic rings. The minimum Gasteiger partial charge on any atom is -0.462 e. The van der Waals surface area contributed by atoms with Gasteiger partial charge in [0, 0.05) is 0 Å². The zero-order chi connectivity index (χ0) is 23.5. The maximum atomic E-state index is 12.9. The lowest BCUT2D eigenvalue weighted by molar-refractivity contribution is -0.157. The first-order chi connectivity index (χ1) is 16.1. The maximum Gasteiger partial charge on any atom is 0.309 e. The monoisotopic (exact) mass is 460 g/mol. The van der Waals surface area contributed by atoms with Crippen LogP contribution in [0.15, 0.2) is 0 Å². The number of esters is 1. The van der Waals surface area contributed by atoms with E-state index in [1.807, 2.05) is 0 Å². The molecule has 2 nitrogen and oxygen atoms in total. The molecule has 3 saturated carbocycles. The average Bonchev–Trinajstić information content (AvgIpc) is 2.84. The Morgan fingerprint density at radius 3 is 2.00 bits per heavy atom. The van der Waals surface area contributed by atoms with E-state index < -0.39 is 0 Å². The van der Waals surface area contributed by atoms with Crippen molar-refractivity contribution in [3.63, 3.8) is 0 Å². The standard InChI is InChI=1S/C31H56O2/c1-4-6-8-9-10-12-26-15-22-30(24(3)23-26)27-16-18-28(19-17-27)31(32)33-29-20-13-25(14-21-29)11-7-5-2/h24-30H,4-23H2,1-3H3. The van der Waals surface area contributed by atoms with Crippen LogP contribution in [0.5, 0.6) is 0 Å². The van der Waals surface area contributed by atoms with Crippen LogP contribution in [0, 0.1) is 35.5 Å². The van der Waals surface area contributed by atoms with Crippen molar-refractivity contribution in [1.82, 2.24) is 0 Å². The Balaban J connectivity index is 1.31. The summed E-state index contributed by atoms with van der Waals surface area (Å²) in [6, 6.07) is 0. The van der Waals surface area contributed by atoms with Gasteiger partial charge in [-0.05, 0) is 93.8 Å². The van der Waals surface area contributed by atoms with Crippen molar-refractivity contribution in [2.24, 2.45) is 35.5 Å². The van der Waals surface area contributed by atoms with Crippen LogP contribution in [0.25, 0.3) is 0 Å². The van der Waals surface area contributed by atoms with Crippen LogP contribution in [0.3, 0.4) is 0 Å². The highest BCUT2D eigenvalue weighted by molar-refractivity contribution is 5.72. The molecule has 0 amide bonds. The van der Waals surface area contributed by atoms with E-state index in [0.29, 0.717) is 0 Å². The predicted molar refractivity (Wildman–Crippen MR) is 140 cm³/mol. The summed E-state index contributed by atoms with van der Waals surface area (Å²) in [5, 5.41) is 0. The van der Waals surface area contributed by atoms with E-state index in [9.17, 15) is 4.79 Å². The van der Waals surface area contributed by atoms with Crippen molar-refractivity contribution in [1.29, 1.82) is 0 Å². The van der Waals surface area contributed by atoms with E-state index in [2.05, 4.69) is 20.8 Å². The van der Waals surface area contributed by atoms with Gasteiger partial charge in [-0.15, -0.1) is 0 Å². The van der Waals surface area contributed by atoms with Crippen molar-refractivity contribution in [3.8, 4) is 0 Å². The van der Waals surface area contributed by atoms with Crippen LogP contribution in [-0.2, 0) is 9.53 Å². The largest absolute Gasteiger partial charge is 0.462 e. The molecule has 3 rings (SSSR count). The molecule has 0 saturated heterocycles. The number of hydrogen-bond acceptors (Lipinski definition) is 2. The topological polar surface area (TPSA) is 26.3 Å².